The van der Waals surface area contributed by atoms with Gasteiger partial charge in [0, 0.05) is 16.5 Å². The lowest BCUT2D eigenvalue weighted by Gasteiger charge is -2.31. The molecule has 0 atom stereocenters. The summed E-state index contributed by atoms with van der Waals surface area (Å²) >= 11 is 6.77. The first kappa shape index (κ1) is 14.6. The molecule has 2 aromatic rings. The van der Waals surface area contributed by atoms with Crippen molar-refractivity contribution in [1.82, 2.24) is 0 Å². The number of quaternary nitrogens is 1. The van der Waals surface area contributed by atoms with Gasteiger partial charge in [-0.15, -0.1) is 0 Å². The van der Waals surface area contributed by atoms with E-state index in [4.69, 9.17) is 11.6 Å². The van der Waals surface area contributed by atoms with Crippen LogP contribution in [0.5, 0.6) is 0 Å². The zero-order chi connectivity index (χ0) is 15.2. The van der Waals surface area contributed by atoms with Crippen molar-refractivity contribution in [3.63, 3.8) is 0 Å². The average Bonchev–Trinajstić information content (AvgIpc) is 2.88. The fraction of sp³-hybridized carbons (Fsp3) is 0.368. The predicted octanol–water partition coefficient (Wildman–Crippen LogP) is 5.40. The first-order valence-electron chi connectivity index (χ1n) is 7.76. The van der Waals surface area contributed by atoms with Crippen molar-refractivity contribution in [1.29, 1.82) is 0 Å². The van der Waals surface area contributed by atoms with Crippen LogP contribution in [-0.2, 0) is 13.1 Å². The molecule has 0 radical (unpaired) electrons. The molecule has 1 aliphatic rings. The highest BCUT2D eigenvalue weighted by Crippen LogP contribution is 2.43. The molecule has 0 spiro atoms. The predicted molar refractivity (Wildman–Crippen MR) is 92.4 cm³/mol. The van der Waals surface area contributed by atoms with Gasteiger partial charge in [0.2, 0.25) is 0 Å². The van der Waals surface area contributed by atoms with Crippen LogP contribution >= 0.6 is 11.6 Å². The highest BCUT2D eigenvalue weighted by atomic mass is 35.5. The van der Waals surface area contributed by atoms with E-state index in [2.05, 4.69) is 51.6 Å². The van der Waals surface area contributed by atoms with Gasteiger partial charge in [0.05, 0.1) is 18.1 Å². The van der Waals surface area contributed by atoms with Crippen LogP contribution < -0.4 is 0 Å². The fourth-order valence-electron chi connectivity index (χ4n) is 3.73. The molecule has 0 aromatic heterocycles. The van der Waals surface area contributed by atoms with E-state index in [1.165, 1.54) is 27.5 Å². The molecule has 2 heteroatoms. The van der Waals surface area contributed by atoms with Gasteiger partial charge in [-0.25, -0.2) is 0 Å². The Morgan fingerprint density at radius 1 is 1.10 bits per heavy atom. The Bertz CT molecular complexity index is 726. The van der Waals surface area contributed by atoms with Crippen LogP contribution in [0, 0.1) is 0 Å². The van der Waals surface area contributed by atoms with Crippen LogP contribution in [-0.4, -0.2) is 17.6 Å². The van der Waals surface area contributed by atoms with Crippen LogP contribution in [0.1, 0.15) is 37.5 Å². The second-order valence-corrected chi connectivity index (χ2v) is 6.64. The monoisotopic (exact) mass is 300 g/mol. The summed E-state index contributed by atoms with van der Waals surface area (Å²) in [7, 11) is 0. The Hall–Kier alpha value is -1.31. The van der Waals surface area contributed by atoms with Crippen LogP contribution in [0.25, 0.3) is 16.3 Å². The molecule has 0 N–H and O–H groups in total. The molecule has 110 valence electrons. The Kier molecular flexibility index (Phi) is 3.59. The SMILES string of the molecule is C=C(C)c1c2c(c(Cl)c3ccccc13)C[N+](CC)(CC)C2. The molecule has 0 amide bonds. The zero-order valence-electron chi connectivity index (χ0n) is 13.2. The summed E-state index contributed by atoms with van der Waals surface area (Å²) < 4.78 is 1.10. The second kappa shape index (κ2) is 5.15. The molecular weight excluding hydrogens is 278 g/mol. The maximum absolute atomic E-state index is 6.77. The average molecular weight is 301 g/mol. The normalized spacial score (nSPS) is 16.2. The van der Waals surface area contributed by atoms with Crippen molar-refractivity contribution in [3.05, 3.63) is 52.6 Å². The number of fused-ring (bicyclic) bond motifs is 2. The Labute approximate surface area is 132 Å². The quantitative estimate of drug-likeness (QED) is 0.666. The van der Waals surface area contributed by atoms with Crippen LogP contribution in [0.3, 0.4) is 0 Å². The van der Waals surface area contributed by atoms with Gasteiger partial charge in [0.25, 0.3) is 0 Å². The molecule has 0 bridgehead atoms. The van der Waals surface area contributed by atoms with Gasteiger partial charge < -0.3 is 4.48 Å². The van der Waals surface area contributed by atoms with Gasteiger partial charge in [-0.2, -0.15) is 0 Å². The standard InChI is InChI=1S/C19H23ClN/c1-5-21(6-2)11-16-17(12-21)19(20)15-10-8-7-9-14(15)18(16)13(3)4/h7-10H,3,5-6,11-12H2,1-2,4H3/q+1. The minimum atomic E-state index is 0.951. The van der Waals surface area contributed by atoms with Crippen molar-refractivity contribution >= 4 is 27.9 Å². The summed E-state index contributed by atoms with van der Waals surface area (Å²) in [5.74, 6) is 0. The largest absolute Gasteiger partial charge is 0.316 e. The number of halogens is 1. The van der Waals surface area contributed by atoms with Crippen molar-refractivity contribution in [2.24, 2.45) is 0 Å². The topological polar surface area (TPSA) is 0 Å². The van der Waals surface area contributed by atoms with E-state index in [9.17, 15) is 0 Å². The summed E-state index contributed by atoms with van der Waals surface area (Å²) in [6.07, 6.45) is 0. The first-order chi connectivity index (χ1) is 10.0. The zero-order valence-corrected chi connectivity index (χ0v) is 13.9. The van der Waals surface area contributed by atoms with E-state index in [-0.39, 0.29) is 0 Å². The lowest BCUT2D eigenvalue weighted by Crippen LogP contribution is -2.42. The molecule has 0 unspecified atom stereocenters. The molecule has 0 fully saturated rings. The van der Waals surface area contributed by atoms with Gasteiger partial charge in [-0.3, -0.25) is 0 Å². The van der Waals surface area contributed by atoms with Crippen molar-refractivity contribution in [2.45, 2.75) is 33.9 Å². The summed E-state index contributed by atoms with van der Waals surface area (Å²) in [6.45, 7) is 15.3. The minimum Gasteiger partial charge on any atom is -0.316 e. The van der Waals surface area contributed by atoms with Gasteiger partial charge in [0.1, 0.15) is 13.1 Å². The number of nitrogens with zero attached hydrogens (tertiary/aromatic N) is 1. The van der Waals surface area contributed by atoms with Gasteiger partial charge in [-0.05, 0) is 37.3 Å². The smallest absolute Gasteiger partial charge is 0.107 e. The summed E-state index contributed by atoms with van der Waals surface area (Å²) in [5, 5.41) is 3.37. The Balaban J connectivity index is 2.36. The third-order valence-electron chi connectivity index (χ3n) is 5.12. The molecule has 21 heavy (non-hydrogen) atoms. The van der Waals surface area contributed by atoms with E-state index in [1.807, 2.05) is 0 Å². The summed E-state index contributed by atoms with van der Waals surface area (Å²) in [6, 6.07) is 8.47. The third-order valence-corrected chi connectivity index (χ3v) is 5.55. The van der Waals surface area contributed by atoms with E-state index in [1.54, 1.807) is 0 Å². The third kappa shape index (κ3) is 2.11. The molecule has 1 heterocycles. The summed E-state index contributed by atoms with van der Waals surface area (Å²) in [4.78, 5) is 0. The number of hydrogen-bond acceptors (Lipinski definition) is 0. The molecule has 1 nitrogen and oxygen atoms in total. The Morgan fingerprint density at radius 3 is 2.24 bits per heavy atom. The molecule has 3 rings (SSSR count). The molecule has 0 saturated heterocycles. The number of allylic oxidation sites excluding steroid dienone is 1. The Morgan fingerprint density at radius 2 is 1.67 bits per heavy atom. The van der Waals surface area contributed by atoms with E-state index < -0.39 is 0 Å². The highest BCUT2D eigenvalue weighted by molar-refractivity contribution is 6.37. The number of hydrogen-bond donors (Lipinski definition) is 0. The number of rotatable bonds is 3. The maximum atomic E-state index is 6.77. The molecule has 1 aliphatic heterocycles. The molecule has 0 aliphatic carbocycles. The van der Waals surface area contributed by atoms with Crippen LogP contribution in [0.2, 0.25) is 5.02 Å². The second-order valence-electron chi connectivity index (χ2n) is 6.26. The fourth-order valence-corrected chi connectivity index (χ4v) is 4.06. The van der Waals surface area contributed by atoms with E-state index in [0.717, 1.165) is 41.3 Å². The van der Waals surface area contributed by atoms with Crippen molar-refractivity contribution in [3.8, 4) is 0 Å². The van der Waals surface area contributed by atoms with E-state index in [0.29, 0.717) is 0 Å². The number of benzene rings is 2. The van der Waals surface area contributed by atoms with Gasteiger partial charge in [0.15, 0.2) is 0 Å². The van der Waals surface area contributed by atoms with Gasteiger partial charge in [-0.1, -0.05) is 42.4 Å². The minimum absolute atomic E-state index is 0.951. The first-order valence-corrected chi connectivity index (χ1v) is 8.13. The summed E-state index contributed by atoms with van der Waals surface area (Å²) in [5.41, 5.74) is 5.24. The molecular formula is C19H23ClN+. The lowest BCUT2D eigenvalue weighted by atomic mass is 9.92. The highest BCUT2D eigenvalue weighted by Gasteiger charge is 2.37. The van der Waals surface area contributed by atoms with Gasteiger partial charge >= 0.3 is 0 Å². The van der Waals surface area contributed by atoms with E-state index >= 15 is 0 Å². The lowest BCUT2D eigenvalue weighted by molar-refractivity contribution is -0.944. The van der Waals surface area contributed by atoms with Crippen LogP contribution in [0.4, 0.5) is 0 Å². The maximum Gasteiger partial charge on any atom is 0.107 e. The molecule has 2 aromatic carbocycles. The van der Waals surface area contributed by atoms with Crippen LogP contribution in [0.15, 0.2) is 30.8 Å². The van der Waals surface area contributed by atoms with Crippen molar-refractivity contribution < 1.29 is 4.48 Å². The molecule has 0 saturated carbocycles. The van der Waals surface area contributed by atoms with Crippen molar-refractivity contribution in [2.75, 3.05) is 13.1 Å².